The number of methoxy groups -OCH3 is 1. The molecule has 0 saturated heterocycles. The Morgan fingerprint density at radius 3 is 2.67 bits per heavy atom. The molecule has 4 rings (SSSR count). The second-order valence-electron chi connectivity index (χ2n) is 7.89. The van der Waals surface area contributed by atoms with Crippen molar-refractivity contribution in [2.24, 2.45) is 5.92 Å². The van der Waals surface area contributed by atoms with E-state index in [-0.39, 0.29) is 29.9 Å². The predicted molar refractivity (Wildman–Crippen MR) is 107 cm³/mol. The van der Waals surface area contributed by atoms with Crippen molar-refractivity contribution in [2.45, 2.75) is 51.2 Å². The molecule has 0 radical (unpaired) electrons. The van der Waals surface area contributed by atoms with E-state index in [4.69, 9.17) is 21.3 Å². The van der Waals surface area contributed by atoms with Crippen LogP contribution in [-0.2, 0) is 9.53 Å². The van der Waals surface area contributed by atoms with Gasteiger partial charge in [-0.25, -0.2) is 4.98 Å². The number of carbonyl (C=O) groups is 1. The molecule has 27 heavy (non-hydrogen) atoms. The number of imidazole rings is 1. The summed E-state index contributed by atoms with van der Waals surface area (Å²) in [5, 5.41) is 0.677. The van der Waals surface area contributed by atoms with Gasteiger partial charge in [0.1, 0.15) is 11.6 Å². The molecular formula is C21H26ClN3O2. The summed E-state index contributed by atoms with van der Waals surface area (Å²) < 4.78 is 7.91. The third-order valence-electron chi connectivity index (χ3n) is 5.97. The summed E-state index contributed by atoms with van der Waals surface area (Å²) in [5.41, 5.74) is 1.85. The fourth-order valence-corrected chi connectivity index (χ4v) is 4.78. The molecule has 6 heteroatoms. The Hall–Kier alpha value is -1.85. The van der Waals surface area contributed by atoms with Crippen LogP contribution in [-0.4, -0.2) is 35.7 Å². The Morgan fingerprint density at radius 2 is 2.00 bits per heavy atom. The Balaban J connectivity index is 1.96. The van der Waals surface area contributed by atoms with Gasteiger partial charge in [0.05, 0.1) is 28.8 Å². The minimum absolute atomic E-state index is 0.0376. The quantitative estimate of drug-likeness (QED) is 0.769. The van der Waals surface area contributed by atoms with Gasteiger partial charge in [0, 0.05) is 19.7 Å². The number of hydrogen-bond acceptors (Lipinski definition) is 3. The molecular weight excluding hydrogens is 362 g/mol. The number of rotatable bonds is 3. The van der Waals surface area contributed by atoms with Crippen LogP contribution >= 0.6 is 11.6 Å². The second-order valence-corrected chi connectivity index (χ2v) is 8.30. The van der Waals surface area contributed by atoms with Crippen LogP contribution in [0.3, 0.4) is 0 Å². The molecule has 2 aromatic rings. The van der Waals surface area contributed by atoms with Gasteiger partial charge in [-0.15, -0.1) is 0 Å². The van der Waals surface area contributed by atoms with Crippen molar-refractivity contribution in [1.29, 1.82) is 0 Å². The summed E-state index contributed by atoms with van der Waals surface area (Å²) >= 11 is 6.53. The number of carbonyl (C=O) groups excluding carboxylic acids is 1. The third kappa shape index (κ3) is 2.88. The SMILES string of the molecule is COC1CCC2C(=O)N(C)c3c(C(C)C)nc(-c4ccccc4Cl)n3C2C1. The van der Waals surface area contributed by atoms with Crippen LogP contribution in [0.1, 0.15) is 50.8 Å². The summed E-state index contributed by atoms with van der Waals surface area (Å²) in [4.78, 5) is 19.9. The van der Waals surface area contributed by atoms with Crippen LogP contribution in [0, 0.1) is 5.92 Å². The molecule has 2 aliphatic rings. The third-order valence-corrected chi connectivity index (χ3v) is 6.30. The Labute approximate surface area is 165 Å². The molecule has 1 saturated carbocycles. The number of halogens is 1. The van der Waals surface area contributed by atoms with Crippen LogP contribution in [0.25, 0.3) is 11.4 Å². The second kappa shape index (κ2) is 6.95. The fraction of sp³-hybridized carbons (Fsp3) is 0.524. The van der Waals surface area contributed by atoms with Gasteiger partial charge in [0.25, 0.3) is 0 Å². The summed E-state index contributed by atoms with van der Waals surface area (Å²) in [6.07, 6.45) is 2.74. The largest absolute Gasteiger partial charge is 0.381 e. The Bertz CT molecular complexity index is 876. The molecule has 3 atom stereocenters. The lowest BCUT2D eigenvalue weighted by Gasteiger charge is -2.43. The number of nitrogens with zero attached hydrogens (tertiary/aromatic N) is 3. The highest BCUT2D eigenvalue weighted by atomic mass is 35.5. The van der Waals surface area contributed by atoms with E-state index in [9.17, 15) is 4.79 Å². The van der Waals surface area contributed by atoms with Gasteiger partial charge in [0.15, 0.2) is 0 Å². The molecule has 1 aromatic heterocycles. The van der Waals surface area contributed by atoms with E-state index < -0.39 is 0 Å². The maximum atomic E-state index is 13.1. The van der Waals surface area contributed by atoms with Gasteiger partial charge in [-0.3, -0.25) is 9.69 Å². The van der Waals surface area contributed by atoms with E-state index in [1.54, 1.807) is 12.0 Å². The fourth-order valence-electron chi connectivity index (χ4n) is 4.56. The summed E-state index contributed by atoms with van der Waals surface area (Å²) in [6.45, 7) is 4.23. The van der Waals surface area contributed by atoms with E-state index >= 15 is 0 Å². The standard InChI is InChI=1S/C21H26ClN3O2/c1-12(2)18-20-24(3)21(26)15-10-9-13(27-4)11-17(15)25(20)19(23-18)14-7-5-6-8-16(14)22/h5-8,12-13,15,17H,9-11H2,1-4H3. The highest BCUT2D eigenvalue weighted by molar-refractivity contribution is 6.33. The molecule has 3 unspecified atom stereocenters. The van der Waals surface area contributed by atoms with Crippen molar-refractivity contribution in [3.05, 3.63) is 35.0 Å². The van der Waals surface area contributed by atoms with Crippen molar-refractivity contribution in [1.82, 2.24) is 9.55 Å². The first kappa shape index (κ1) is 18.5. The summed E-state index contributed by atoms with van der Waals surface area (Å²) in [6, 6.07) is 7.85. The lowest BCUT2D eigenvalue weighted by Crippen LogP contribution is -2.47. The van der Waals surface area contributed by atoms with Gasteiger partial charge < -0.3 is 9.30 Å². The van der Waals surface area contributed by atoms with E-state index in [1.165, 1.54) is 0 Å². The number of amides is 1. The van der Waals surface area contributed by atoms with Gasteiger partial charge >= 0.3 is 0 Å². The molecule has 0 bridgehead atoms. The van der Waals surface area contributed by atoms with Crippen molar-refractivity contribution in [3.63, 3.8) is 0 Å². The zero-order valence-electron chi connectivity index (χ0n) is 16.3. The first-order valence-electron chi connectivity index (χ1n) is 9.61. The van der Waals surface area contributed by atoms with Crippen LogP contribution in [0.15, 0.2) is 24.3 Å². The number of ether oxygens (including phenoxy) is 1. The number of aromatic nitrogens is 2. The maximum absolute atomic E-state index is 13.1. The molecule has 144 valence electrons. The van der Waals surface area contributed by atoms with Crippen LogP contribution in [0.2, 0.25) is 5.02 Å². The molecule has 2 heterocycles. The first-order chi connectivity index (χ1) is 12.9. The number of anilines is 1. The van der Waals surface area contributed by atoms with Crippen LogP contribution < -0.4 is 4.90 Å². The molecule has 0 N–H and O–H groups in total. The summed E-state index contributed by atoms with van der Waals surface area (Å²) in [5.74, 6) is 2.11. The zero-order chi connectivity index (χ0) is 19.3. The minimum atomic E-state index is -0.0376. The normalized spacial score (nSPS) is 24.9. The topological polar surface area (TPSA) is 47.4 Å². The van der Waals surface area contributed by atoms with E-state index in [2.05, 4.69) is 18.4 Å². The smallest absolute Gasteiger partial charge is 0.233 e. The van der Waals surface area contributed by atoms with Crippen molar-refractivity contribution in [2.75, 3.05) is 19.1 Å². The number of hydrogen-bond donors (Lipinski definition) is 0. The predicted octanol–water partition coefficient (Wildman–Crippen LogP) is 4.66. The van der Waals surface area contributed by atoms with E-state index in [1.807, 2.05) is 31.3 Å². The molecule has 1 fully saturated rings. The van der Waals surface area contributed by atoms with Gasteiger partial charge in [0.2, 0.25) is 5.91 Å². The highest BCUT2D eigenvalue weighted by Gasteiger charge is 2.45. The highest BCUT2D eigenvalue weighted by Crippen LogP contribution is 2.48. The van der Waals surface area contributed by atoms with Gasteiger partial charge in [-0.05, 0) is 37.3 Å². The summed E-state index contributed by atoms with van der Waals surface area (Å²) in [7, 11) is 3.63. The maximum Gasteiger partial charge on any atom is 0.233 e. The Kier molecular flexibility index (Phi) is 4.77. The van der Waals surface area contributed by atoms with E-state index in [0.29, 0.717) is 5.02 Å². The minimum Gasteiger partial charge on any atom is -0.381 e. The molecule has 1 amide bonds. The number of benzene rings is 1. The van der Waals surface area contributed by atoms with Crippen molar-refractivity contribution < 1.29 is 9.53 Å². The molecule has 1 aliphatic heterocycles. The van der Waals surface area contributed by atoms with Crippen molar-refractivity contribution >= 4 is 23.3 Å². The van der Waals surface area contributed by atoms with Crippen molar-refractivity contribution in [3.8, 4) is 11.4 Å². The number of fused-ring (bicyclic) bond motifs is 3. The molecule has 1 aliphatic carbocycles. The first-order valence-corrected chi connectivity index (χ1v) is 9.99. The van der Waals surface area contributed by atoms with E-state index in [0.717, 1.165) is 42.2 Å². The lowest BCUT2D eigenvalue weighted by atomic mass is 9.80. The van der Waals surface area contributed by atoms with Gasteiger partial charge in [-0.1, -0.05) is 37.6 Å². The average molecular weight is 388 g/mol. The molecule has 1 aromatic carbocycles. The monoisotopic (exact) mass is 387 g/mol. The zero-order valence-corrected chi connectivity index (χ0v) is 17.0. The van der Waals surface area contributed by atoms with Gasteiger partial charge in [-0.2, -0.15) is 0 Å². The van der Waals surface area contributed by atoms with Crippen LogP contribution in [0.5, 0.6) is 0 Å². The molecule has 5 nitrogen and oxygen atoms in total. The average Bonchev–Trinajstić information content (AvgIpc) is 3.07. The Morgan fingerprint density at radius 1 is 1.26 bits per heavy atom. The van der Waals surface area contributed by atoms with Crippen LogP contribution in [0.4, 0.5) is 5.82 Å². The molecule has 0 spiro atoms. The lowest BCUT2D eigenvalue weighted by molar-refractivity contribution is -0.127.